The molecule has 140 valence electrons. The summed E-state index contributed by atoms with van der Waals surface area (Å²) in [6.45, 7) is 7.32. The second kappa shape index (κ2) is 9.22. The fourth-order valence-electron chi connectivity index (χ4n) is 2.77. The van der Waals surface area contributed by atoms with E-state index in [1.54, 1.807) is 0 Å². The molecule has 0 radical (unpaired) electrons. The average molecular weight is 367 g/mol. The lowest BCUT2D eigenvalue weighted by atomic mass is 10.1. The third kappa shape index (κ3) is 5.21. The number of halogens is 1. The fraction of sp³-hybridized carbons (Fsp3) is 0.526. The van der Waals surface area contributed by atoms with Crippen molar-refractivity contribution in [1.82, 2.24) is 14.4 Å². The van der Waals surface area contributed by atoms with Gasteiger partial charge in [-0.15, -0.1) is 0 Å². The molecule has 0 aliphatic rings. The van der Waals surface area contributed by atoms with Gasteiger partial charge in [0.1, 0.15) is 6.61 Å². The summed E-state index contributed by atoms with van der Waals surface area (Å²) in [5.41, 5.74) is 4.28. The Morgan fingerprint density at radius 1 is 1.08 bits per heavy atom. The van der Waals surface area contributed by atoms with Crippen LogP contribution in [0.4, 0.5) is 0 Å². The van der Waals surface area contributed by atoms with E-state index < -0.39 is 0 Å². The first-order valence-electron chi connectivity index (χ1n) is 8.37. The zero-order valence-corrected chi connectivity index (χ0v) is 16.9. The van der Waals surface area contributed by atoms with Crippen LogP contribution in [0.5, 0.6) is 0 Å². The van der Waals surface area contributed by atoms with E-state index in [4.69, 9.17) is 4.74 Å². The third-order valence-corrected chi connectivity index (χ3v) is 4.42. The molecule has 1 aromatic heterocycles. The van der Waals surface area contributed by atoms with E-state index in [-0.39, 0.29) is 18.4 Å². The Balaban J connectivity index is 0.00000312. The normalized spacial score (nSPS) is 11.2. The molecule has 0 N–H and O–H groups in total. The molecule has 5 nitrogen and oxygen atoms in total. The molecule has 1 heterocycles. The molecule has 0 spiro atoms. The van der Waals surface area contributed by atoms with E-state index >= 15 is 0 Å². The van der Waals surface area contributed by atoms with Crippen LogP contribution in [0, 0.1) is 13.8 Å². The van der Waals surface area contributed by atoms with Crippen LogP contribution in [-0.4, -0.2) is 68.2 Å². The summed E-state index contributed by atoms with van der Waals surface area (Å²) in [6, 6.07) is 5.86. The Hall–Kier alpha value is -1.56. The zero-order valence-electron chi connectivity index (χ0n) is 16.1. The first-order valence-corrected chi connectivity index (χ1v) is 8.37. The average Bonchev–Trinajstić information content (AvgIpc) is 2.76. The second-order valence-corrected chi connectivity index (χ2v) is 6.84. The maximum absolute atomic E-state index is 12.2. The topological polar surface area (TPSA) is 37.7 Å². The number of esters is 1. The van der Waals surface area contributed by atoms with Gasteiger partial charge in [-0.25, -0.2) is 4.79 Å². The Bertz CT molecular complexity index is 723. The summed E-state index contributed by atoms with van der Waals surface area (Å²) >= 11 is 0. The zero-order chi connectivity index (χ0) is 17.9. The molecule has 0 aliphatic carbocycles. The molecule has 0 fully saturated rings. The van der Waals surface area contributed by atoms with Crippen molar-refractivity contribution in [3.05, 3.63) is 35.0 Å². The number of ether oxygens (including phenoxy) is 1. The highest BCUT2D eigenvalue weighted by molar-refractivity contribution is 5.96. The highest BCUT2D eigenvalue weighted by atomic mass is 35.5. The lowest BCUT2D eigenvalue weighted by molar-refractivity contribution is -0.0000244. The summed E-state index contributed by atoms with van der Waals surface area (Å²) < 4.78 is 7.67. The highest BCUT2D eigenvalue weighted by Gasteiger charge is 2.14. The van der Waals surface area contributed by atoms with E-state index in [2.05, 4.69) is 37.4 Å². The SMILES string of the molecule is Cc1c(C)n(CCN(C)C)c2ccc(C(=O)OCCN(C)C)cc12.[Cl-]. The van der Waals surface area contributed by atoms with Crippen LogP contribution in [0.25, 0.3) is 10.9 Å². The van der Waals surface area contributed by atoms with Crippen molar-refractivity contribution < 1.29 is 21.9 Å². The maximum atomic E-state index is 12.2. The molecule has 0 unspecified atom stereocenters. The monoisotopic (exact) mass is 366 g/mol. The van der Waals surface area contributed by atoms with E-state index in [1.807, 2.05) is 37.2 Å². The molecule has 0 amide bonds. The minimum atomic E-state index is -0.253. The standard InChI is InChI=1S/C19H29N3O2.ClH/c1-14-15(2)22(10-9-20(3)4)18-8-7-16(13-17(14)18)19(23)24-12-11-21(5)6;/h7-8,13H,9-12H2,1-6H3;1H/p-1. The van der Waals surface area contributed by atoms with Gasteiger partial charge >= 0.3 is 5.97 Å². The minimum absolute atomic E-state index is 0. The molecular weight excluding hydrogens is 338 g/mol. The number of fused-ring (bicyclic) bond motifs is 1. The number of hydrogen-bond donors (Lipinski definition) is 0. The van der Waals surface area contributed by atoms with E-state index in [9.17, 15) is 4.79 Å². The van der Waals surface area contributed by atoms with Crippen LogP contribution in [0.2, 0.25) is 0 Å². The Morgan fingerprint density at radius 3 is 2.32 bits per heavy atom. The van der Waals surface area contributed by atoms with Gasteiger partial charge in [0.15, 0.2) is 0 Å². The number of carbonyl (C=O) groups is 1. The summed E-state index contributed by atoms with van der Waals surface area (Å²) in [5.74, 6) is -0.253. The molecule has 6 heteroatoms. The highest BCUT2D eigenvalue weighted by Crippen LogP contribution is 2.26. The molecule has 0 aliphatic heterocycles. The van der Waals surface area contributed by atoms with Crippen LogP contribution < -0.4 is 12.4 Å². The first kappa shape index (κ1) is 21.5. The Labute approximate surface area is 156 Å². The number of aromatic nitrogens is 1. The summed E-state index contributed by atoms with van der Waals surface area (Å²) in [5, 5.41) is 1.13. The van der Waals surface area contributed by atoms with Crippen LogP contribution in [0.3, 0.4) is 0 Å². The molecule has 25 heavy (non-hydrogen) atoms. The van der Waals surface area contributed by atoms with Crippen LogP contribution >= 0.6 is 0 Å². The minimum Gasteiger partial charge on any atom is -1.00 e. The molecule has 0 atom stereocenters. The quantitative estimate of drug-likeness (QED) is 0.622. The van der Waals surface area contributed by atoms with Gasteiger partial charge in [-0.05, 0) is 65.8 Å². The maximum Gasteiger partial charge on any atom is 0.338 e. The van der Waals surface area contributed by atoms with Gasteiger partial charge < -0.3 is 31.5 Å². The Morgan fingerprint density at radius 2 is 1.72 bits per heavy atom. The predicted molar refractivity (Wildman–Crippen MR) is 98.8 cm³/mol. The summed E-state index contributed by atoms with van der Waals surface area (Å²) in [6.07, 6.45) is 0. The molecular formula is C19H29ClN3O2-. The van der Waals surface area contributed by atoms with Gasteiger partial charge in [0.2, 0.25) is 0 Å². The van der Waals surface area contributed by atoms with Gasteiger partial charge in [-0.3, -0.25) is 0 Å². The van der Waals surface area contributed by atoms with Crippen LogP contribution in [0.15, 0.2) is 18.2 Å². The van der Waals surface area contributed by atoms with E-state index in [0.29, 0.717) is 12.2 Å². The number of carbonyl (C=O) groups excluding carboxylic acids is 1. The van der Waals surface area contributed by atoms with Crippen molar-refractivity contribution in [2.75, 3.05) is 47.9 Å². The van der Waals surface area contributed by atoms with Crippen molar-refractivity contribution >= 4 is 16.9 Å². The number of nitrogens with zero attached hydrogens (tertiary/aromatic N) is 3. The van der Waals surface area contributed by atoms with Crippen molar-refractivity contribution in [2.45, 2.75) is 20.4 Å². The van der Waals surface area contributed by atoms with Crippen molar-refractivity contribution in [2.24, 2.45) is 0 Å². The van der Waals surface area contributed by atoms with E-state index in [1.165, 1.54) is 16.8 Å². The number of benzene rings is 1. The molecule has 0 saturated carbocycles. The molecule has 1 aromatic carbocycles. The van der Waals surface area contributed by atoms with Gasteiger partial charge in [-0.2, -0.15) is 0 Å². The lowest BCUT2D eigenvalue weighted by Gasteiger charge is -2.13. The number of hydrogen-bond acceptors (Lipinski definition) is 4. The lowest BCUT2D eigenvalue weighted by Crippen LogP contribution is -3.00. The van der Waals surface area contributed by atoms with Crippen molar-refractivity contribution in [1.29, 1.82) is 0 Å². The summed E-state index contributed by atoms with van der Waals surface area (Å²) in [7, 11) is 8.08. The van der Waals surface area contributed by atoms with Crippen LogP contribution in [0.1, 0.15) is 21.6 Å². The number of rotatable bonds is 7. The number of aryl methyl sites for hydroxylation is 1. The van der Waals surface area contributed by atoms with Crippen LogP contribution in [-0.2, 0) is 11.3 Å². The molecule has 0 saturated heterocycles. The van der Waals surface area contributed by atoms with Gasteiger partial charge in [0, 0.05) is 36.2 Å². The molecule has 2 aromatic rings. The number of likely N-dealkylation sites (N-methyl/N-ethyl adjacent to an activating group) is 2. The predicted octanol–water partition coefficient (Wildman–Crippen LogP) is -0.458. The van der Waals surface area contributed by atoms with Crippen molar-refractivity contribution in [3.8, 4) is 0 Å². The fourth-order valence-corrected chi connectivity index (χ4v) is 2.77. The summed E-state index contributed by atoms with van der Waals surface area (Å²) in [4.78, 5) is 16.4. The Kier molecular flexibility index (Phi) is 7.93. The van der Waals surface area contributed by atoms with Crippen molar-refractivity contribution in [3.63, 3.8) is 0 Å². The van der Waals surface area contributed by atoms with Gasteiger partial charge in [0.25, 0.3) is 0 Å². The van der Waals surface area contributed by atoms with Gasteiger partial charge in [0.05, 0.1) is 5.56 Å². The second-order valence-electron chi connectivity index (χ2n) is 6.84. The smallest absolute Gasteiger partial charge is 0.338 e. The third-order valence-electron chi connectivity index (χ3n) is 4.42. The largest absolute Gasteiger partial charge is 1.00 e. The van der Waals surface area contributed by atoms with Gasteiger partial charge in [-0.1, -0.05) is 0 Å². The first-order chi connectivity index (χ1) is 11.3. The molecule has 0 bridgehead atoms. The molecule has 2 rings (SSSR count). The van der Waals surface area contributed by atoms with E-state index in [0.717, 1.165) is 25.0 Å².